The number of alkyl halides is 2. The Morgan fingerprint density at radius 3 is 2.89 bits per heavy atom. The van der Waals surface area contributed by atoms with Crippen LogP contribution >= 0.6 is 0 Å². The second kappa shape index (κ2) is 3.74. The Kier molecular flexibility index (Phi) is 2.41. The van der Waals surface area contributed by atoms with E-state index in [0.29, 0.717) is 0 Å². The van der Waals surface area contributed by atoms with Crippen LogP contribution in [0.1, 0.15) is 29.3 Å². The predicted octanol–water partition coefficient (Wildman–Crippen LogP) is 0.638. The van der Waals surface area contributed by atoms with Gasteiger partial charge in [0.2, 0.25) is 0 Å². The van der Waals surface area contributed by atoms with Gasteiger partial charge in [0.1, 0.15) is 11.5 Å². The molecule has 0 unspecified atom stereocenters. The predicted molar refractivity (Wildman–Crippen MR) is 59.5 cm³/mol. The number of aromatic nitrogens is 2. The number of rotatable bonds is 1. The Balaban J connectivity index is 1.79. The van der Waals surface area contributed by atoms with E-state index >= 15 is 0 Å². The molecule has 1 amide bonds. The summed E-state index contributed by atoms with van der Waals surface area (Å²) in [6, 6.07) is 0.0816. The van der Waals surface area contributed by atoms with E-state index in [2.05, 4.69) is 10.3 Å². The van der Waals surface area contributed by atoms with Crippen molar-refractivity contribution < 1.29 is 13.6 Å². The number of amides is 1. The van der Waals surface area contributed by atoms with Gasteiger partial charge in [0.15, 0.2) is 0 Å². The molecule has 0 saturated carbocycles. The van der Waals surface area contributed by atoms with E-state index in [-0.39, 0.29) is 11.7 Å². The molecule has 2 aliphatic rings. The molecule has 1 N–H and O–H groups in total. The first-order valence-electron chi connectivity index (χ1n) is 5.94. The standard InChI is InChI=1S/C11H14F2N4O/c1-7-9-15-8(4-16(9)3-2-14-7)10(18)17-5-11(12,13)6-17/h4,7,14H,2-3,5-6H2,1H3/t7-/m1/s1. The molecule has 98 valence electrons. The maximum Gasteiger partial charge on any atom is 0.282 e. The monoisotopic (exact) mass is 256 g/mol. The summed E-state index contributed by atoms with van der Waals surface area (Å²) < 4.78 is 27.4. The van der Waals surface area contributed by atoms with Crippen molar-refractivity contribution in [2.45, 2.75) is 25.4 Å². The lowest BCUT2D eigenvalue weighted by Crippen LogP contribution is -2.58. The highest BCUT2D eigenvalue weighted by atomic mass is 19.3. The number of carbonyl (C=O) groups excluding carboxylic acids is 1. The van der Waals surface area contributed by atoms with Crippen molar-refractivity contribution in [3.8, 4) is 0 Å². The zero-order valence-corrected chi connectivity index (χ0v) is 9.99. The SMILES string of the molecule is C[C@H]1NCCn2cc(C(=O)N3CC(F)(F)C3)nc21. The molecular weight excluding hydrogens is 242 g/mol. The zero-order valence-electron chi connectivity index (χ0n) is 9.99. The minimum atomic E-state index is -2.73. The third-order valence-electron chi connectivity index (χ3n) is 3.35. The van der Waals surface area contributed by atoms with Gasteiger partial charge >= 0.3 is 0 Å². The maximum atomic E-state index is 12.7. The molecule has 0 aliphatic carbocycles. The zero-order chi connectivity index (χ0) is 12.9. The summed E-state index contributed by atoms with van der Waals surface area (Å²) >= 11 is 0. The minimum Gasteiger partial charge on any atom is -0.331 e. The Labute approximate surface area is 103 Å². The number of hydrogen-bond acceptors (Lipinski definition) is 3. The summed E-state index contributed by atoms with van der Waals surface area (Å²) in [7, 11) is 0. The Morgan fingerprint density at radius 2 is 2.28 bits per heavy atom. The second-order valence-corrected chi connectivity index (χ2v) is 4.87. The Bertz CT molecular complexity index is 491. The van der Waals surface area contributed by atoms with E-state index in [4.69, 9.17) is 0 Å². The molecule has 2 aliphatic heterocycles. The van der Waals surface area contributed by atoms with Crippen LogP contribution in [0.15, 0.2) is 6.20 Å². The fourth-order valence-corrected chi connectivity index (χ4v) is 2.37. The molecule has 1 fully saturated rings. The molecule has 3 rings (SSSR count). The lowest BCUT2D eigenvalue weighted by Gasteiger charge is -2.38. The average Bonchev–Trinajstić information content (AvgIpc) is 2.70. The Hall–Kier alpha value is -1.50. The summed E-state index contributed by atoms with van der Waals surface area (Å²) in [5, 5.41) is 3.23. The van der Waals surface area contributed by atoms with Crippen LogP contribution < -0.4 is 5.32 Å². The molecule has 1 saturated heterocycles. The molecule has 1 aromatic rings. The van der Waals surface area contributed by atoms with Gasteiger partial charge in [-0.05, 0) is 6.92 Å². The molecule has 3 heterocycles. The van der Waals surface area contributed by atoms with Gasteiger partial charge in [-0.1, -0.05) is 0 Å². The van der Waals surface area contributed by atoms with Crippen LogP contribution in [0, 0.1) is 0 Å². The first-order chi connectivity index (χ1) is 8.46. The topological polar surface area (TPSA) is 50.2 Å². The molecule has 0 aromatic carbocycles. The minimum absolute atomic E-state index is 0.0816. The third kappa shape index (κ3) is 1.78. The summed E-state index contributed by atoms with van der Waals surface area (Å²) in [6.45, 7) is 2.53. The van der Waals surface area contributed by atoms with Gasteiger partial charge in [-0.3, -0.25) is 4.79 Å². The van der Waals surface area contributed by atoms with Crippen LogP contribution in [0.2, 0.25) is 0 Å². The third-order valence-corrected chi connectivity index (χ3v) is 3.35. The van der Waals surface area contributed by atoms with Gasteiger partial charge in [-0.2, -0.15) is 0 Å². The van der Waals surface area contributed by atoms with Crippen molar-refractivity contribution in [3.63, 3.8) is 0 Å². The van der Waals surface area contributed by atoms with Gasteiger partial charge in [-0.25, -0.2) is 13.8 Å². The van der Waals surface area contributed by atoms with Crippen LogP contribution in [-0.4, -0.2) is 45.9 Å². The highest BCUT2D eigenvalue weighted by Crippen LogP contribution is 2.28. The molecule has 0 radical (unpaired) electrons. The second-order valence-electron chi connectivity index (χ2n) is 4.87. The maximum absolute atomic E-state index is 12.7. The quantitative estimate of drug-likeness (QED) is 0.802. The smallest absolute Gasteiger partial charge is 0.282 e. The molecule has 1 aromatic heterocycles. The van der Waals surface area contributed by atoms with Crippen molar-refractivity contribution in [3.05, 3.63) is 17.7 Å². The van der Waals surface area contributed by atoms with Gasteiger partial charge < -0.3 is 14.8 Å². The number of hydrogen-bond donors (Lipinski definition) is 1. The van der Waals surface area contributed by atoms with E-state index < -0.39 is 24.9 Å². The largest absolute Gasteiger partial charge is 0.331 e. The molecule has 0 bridgehead atoms. The van der Waals surface area contributed by atoms with E-state index in [1.54, 1.807) is 6.20 Å². The van der Waals surface area contributed by atoms with E-state index in [9.17, 15) is 13.6 Å². The van der Waals surface area contributed by atoms with Crippen LogP contribution in [0.25, 0.3) is 0 Å². The van der Waals surface area contributed by atoms with Gasteiger partial charge in [0, 0.05) is 19.3 Å². The molecule has 0 spiro atoms. The molecular formula is C11H14F2N4O. The number of likely N-dealkylation sites (tertiary alicyclic amines) is 1. The summed E-state index contributed by atoms with van der Waals surface area (Å²) in [5.74, 6) is -2.35. The van der Waals surface area contributed by atoms with Crippen molar-refractivity contribution >= 4 is 5.91 Å². The van der Waals surface area contributed by atoms with Crippen molar-refractivity contribution in [2.75, 3.05) is 19.6 Å². The van der Waals surface area contributed by atoms with Gasteiger partial charge in [0.25, 0.3) is 11.8 Å². The van der Waals surface area contributed by atoms with Crippen LogP contribution in [0.3, 0.4) is 0 Å². The average molecular weight is 256 g/mol. The number of carbonyl (C=O) groups is 1. The van der Waals surface area contributed by atoms with Gasteiger partial charge in [-0.15, -0.1) is 0 Å². The first-order valence-corrected chi connectivity index (χ1v) is 5.94. The first kappa shape index (κ1) is 11.6. The van der Waals surface area contributed by atoms with Crippen molar-refractivity contribution in [2.24, 2.45) is 0 Å². The summed E-state index contributed by atoms with van der Waals surface area (Å²) in [4.78, 5) is 17.3. The fourth-order valence-electron chi connectivity index (χ4n) is 2.37. The van der Waals surface area contributed by atoms with Crippen molar-refractivity contribution in [1.82, 2.24) is 19.8 Å². The normalized spacial score (nSPS) is 25.5. The van der Waals surface area contributed by atoms with Crippen LogP contribution in [-0.2, 0) is 6.54 Å². The summed E-state index contributed by atoms with van der Waals surface area (Å²) in [5.41, 5.74) is 0.260. The van der Waals surface area contributed by atoms with Crippen LogP contribution in [0.4, 0.5) is 8.78 Å². The summed E-state index contributed by atoms with van der Waals surface area (Å²) in [6.07, 6.45) is 1.66. The van der Waals surface area contributed by atoms with Gasteiger partial charge in [0.05, 0.1) is 19.1 Å². The molecule has 7 heteroatoms. The van der Waals surface area contributed by atoms with E-state index in [1.807, 2.05) is 11.5 Å². The highest BCUT2D eigenvalue weighted by Gasteiger charge is 2.47. The number of fused-ring (bicyclic) bond motifs is 1. The number of halogens is 2. The Morgan fingerprint density at radius 1 is 1.56 bits per heavy atom. The highest BCUT2D eigenvalue weighted by molar-refractivity contribution is 5.93. The lowest BCUT2D eigenvalue weighted by atomic mass is 10.1. The van der Waals surface area contributed by atoms with E-state index in [0.717, 1.165) is 23.8 Å². The van der Waals surface area contributed by atoms with Crippen molar-refractivity contribution in [1.29, 1.82) is 0 Å². The number of imidazole rings is 1. The molecule has 18 heavy (non-hydrogen) atoms. The van der Waals surface area contributed by atoms with Crippen LogP contribution in [0.5, 0.6) is 0 Å². The lowest BCUT2D eigenvalue weighted by molar-refractivity contribution is -0.113. The number of nitrogens with zero attached hydrogens (tertiary/aromatic N) is 3. The molecule has 1 atom stereocenters. The fraction of sp³-hybridized carbons (Fsp3) is 0.636. The van der Waals surface area contributed by atoms with E-state index in [1.165, 1.54) is 0 Å². The number of nitrogens with one attached hydrogen (secondary N) is 1. The molecule has 5 nitrogen and oxygen atoms in total.